The number of halogens is 1. The maximum atomic E-state index is 11.9. The minimum Gasteiger partial charge on any atom is -0.466 e. The smallest absolute Gasteiger partial charge is 0.466 e. The first kappa shape index (κ1) is 48.9. The number of aromatic amines is 2. The molecule has 61 heavy (non-hydrogen) atoms. The van der Waals surface area contributed by atoms with Crippen molar-refractivity contribution < 1.29 is 28.4 Å². The van der Waals surface area contributed by atoms with Crippen molar-refractivity contribution in [2.75, 3.05) is 13.2 Å². The Balaban J connectivity index is 0.000000206. The van der Waals surface area contributed by atoms with Crippen LogP contribution in [0.1, 0.15) is 139 Å². The van der Waals surface area contributed by atoms with Gasteiger partial charge in [0, 0.05) is 35.6 Å². The molecule has 2 N–H and O–H groups in total. The molecule has 7 rings (SSSR count). The quantitative estimate of drug-likeness (QED) is 0.0881. The van der Waals surface area contributed by atoms with Crippen molar-refractivity contribution in [2.24, 2.45) is 11.8 Å². The van der Waals surface area contributed by atoms with E-state index in [0.717, 1.165) is 94.5 Å². The normalized spacial score (nSPS) is 18.9. The van der Waals surface area contributed by atoms with Crippen molar-refractivity contribution in [3.05, 3.63) is 98.5 Å². The maximum Gasteiger partial charge on any atom is 0.490 e. The molecule has 0 amide bonds. The largest absolute Gasteiger partial charge is 0.490 e. The number of ether oxygens (including phenoxy) is 2. The second-order valence-corrected chi connectivity index (χ2v) is 16.9. The summed E-state index contributed by atoms with van der Waals surface area (Å²) in [5.41, 5.74) is 9.34. The fraction of sp³-hybridized carbons (Fsp3) is 0.556. The Morgan fingerprint density at radius 3 is 1.64 bits per heavy atom. The van der Waals surface area contributed by atoms with Gasteiger partial charge in [-0.1, -0.05) is 19.6 Å². The van der Waals surface area contributed by atoms with Crippen molar-refractivity contribution in [3.63, 3.8) is 0 Å². The lowest BCUT2D eigenvalue weighted by Gasteiger charge is -2.32. The second-order valence-electron chi connectivity index (χ2n) is 16.6. The molecular formula is C45H64BClN8O6. The SMILES string of the molecule is C.CCOC(=O)C1CC=C(B2OC(C)(C)C(C)(C)O2)CC1.CCOC(=O)C1CC=C(c2nc(C)cc(Cc3cc(C)[nH]n3)n2)CC1.Cc1cc(Cc2cc(C)[nH]n2)nc(Cl)n1. The van der Waals surface area contributed by atoms with E-state index in [4.69, 9.17) is 35.4 Å². The number of hydrogen-bond donors (Lipinski definition) is 2. The van der Waals surface area contributed by atoms with Gasteiger partial charge in [-0.25, -0.2) is 19.9 Å². The van der Waals surface area contributed by atoms with Gasteiger partial charge in [-0.3, -0.25) is 19.8 Å². The summed E-state index contributed by atoms with van der Waals surface area (Å²) < 4.78 is 22.3. The monoisotopic (exact) mass is 858 g/mol. The molecule has 4 aromatic rings. The number of hydrogen-bond acceptors (Lipinski definition) is 12. The van der Waals surface area contributed by atoms with Crippen LogP contribution in [-0.2, 0) is 41.2 Å². The third-order valence-electron chi connectivity index (χ3n) is 11.0. The maximum absolute atomic E-state index is 11.9. The van der Waals surface area contributed by atoms with E-state index in [-0.39, 0.29) is 54.8 Å². The molecule has 0 spiro atoms. The van der Waals surface area contributed by atoms with Gasteiger partial charge in [0.05, 0.1) is 59.0 Å². The van der Waals surface area contributed by atoms with E-state index >= 15 is 0 Å². The minimum absolute atomic E-state index is 0. The summed E-state index contributed by atoms with van der Waals surface area (Å²) in [4.78, 5) is 41.0. The Hall–Kier alpha value is -4.73. The van der Waals surface area contributed by atoms with Gasteiger partial charge >= 0.3 is 19.1 Å². The lowest BCUT2D eigenvalue weighted by molar-refractivity contribution is -0.149. The Bertz CT molecular complexity index is 2130. The number of rotatable bonds is 10. The van der Waals surface area contributed by atoms with Gasteiger partial charge in [-0.2, -0.15) is 10.2 Å². The molecular weight excluding hydrogens is 795 g/mol. The van der Waals surface area contributed by atoms with E-state index in [1.165, 1.54) is 0 Å². The van der Waals surface area contributed by atoms with Crippen LogP contribution in [0, 0.1) is 39.5 Å². The number of H-pyrrole nitrogens is 2. The molecule has 1 saturated heterocycles. The molecule has 0 bridgehead atoms. The molecule has 16 heteroatoms. The summed E-state index contributed by atoms with van der Waals surface area (Å²) in [6.07, 6.45) is 10.2. The first-order valence-electron chi connectivity index (χ1n) is 20.9. The van der Waals surface area contributed by atoms with E-state index in [2.05, 4.69) is 75.2 Å². The molecule has 330 valence electrons. The molecule has 1 aliphatic heterocycles. The molecule has 2 unspecified atom stereocenters. The van der Waals surface area contributed by atoms with Gasteiger partial charge in [-0.15, -0.1) is 0 Å². The average Bonchev–Trinajstić information content (AvgIpc) is 3.86. The van der Waals surface area contributed by atoms with Gasteiger partial charge in [0.25, 0.3) is 0 Å². The van der Waals surface area contributed by atoms with E-state index in [9.17, 15) is 9.59 Å². The fourth-order valence-corrected chi connectivity index (χ4v) is 7.34. The number of carbonyl (C=O) groups is 2. The molecule has 0 radical (unpaired) electrons. The summed E-state index contributed by atoms with van der Waals surface area (Å²) in [7, 11) is -0.275. The number of aromatic nitrogens is 8. The number of nitrogens with zero attached hydrogens (tertiary/aromatic N) is 6. The number of carbonyl (C=O) groups excluding carboxylic acids is 2. The third kappa shape index (κ3) is 13.9. The molecule has 2 atom stereocenters. The summed E-state index contributed by atoms with van der Waals surface area (Å²) in [6, 6.07) is 7.93. The van der Waals surface area contributed by atoms with Gasteiger partial charge in [-0.05, 0) is 155 Å². The highest BCUT2D eigenvalue weighted by molar-refractivity contribution is 6.54. The molecule has 5 heterocycles. The fourth-order valence-electron chi connectivity index (χ4n) is 7.10. The zero-order valence-corrected chi connectivity index (χ0v) is 37.5. The topological polar surface area (TPSA) is 180 Å². The van der Waals surface area contributed by atoms with Crippen LogP contribution in [0.4, 0.5) is 0 Å². The summed E-state index contributed by atoms with van der Waals surface area (Å²) >= 11 is 5.77. The lowest BCUT2D eigenvalue weighted by Crippen LogP contribution is -2.41. The summed E-state index contributed by atoms with van der Waals surface area (Å²) in [5, 5.41) is 14.6. The molecule has 2 aliphatic carbocycles. The van der Waals surface area contributed by atoms with Crippen molar-refractivity contribution >= 4 is 36.2 Å². The van der Waals surface area contributed by atoms with Gasteiger partial charge in [0.1, 0.15) is 0 Å². The van der Waals surface area contributed by atoms with Crippen LogP contribution >= 0.6 is 11.6 Å². The van der Waals surface area contributed by atoms with Crippen LogP contribution in [-0.4, -0.2) is 83.8 Å². The third-order valence-corrected chi connectivity index (χ3v) is 11.1. The molecule has 1 fully saturated rings. The molecule has 0 saturated carbocycles. The molecule has 3 aliphatic rings. The van der Waals surface area contributed by atoms with Crippen LogP contribution in [0.2, 0.25) is 5.28 Å². The Morgan fingerprint density at radius 1 is 0.721 bits per heavy atom. The van der Waals surface area contributed by atoms with Crippen LogP contribution < -0.4 is 0 Å². The van der Waals surface area contributed by atoms with Crippen LogP contribution in [0.5, 0.6) is 0 Å². The lowest BCUT2D eigenvalue weighted by atomic mass is 9.70. The van der Waals surface area contributed by atoms with E-state index in [1.54, 1.807) is 0 Å². The van der Waals surface area contributed by atoms with Crippen LogP contribution in [0.25, 0.3) is 5.57 Å². The highest BCUT2D eigenvalue weighted by Gasteiger charge is 2.52. The molecule has 14 nitrogen and oxygen atoms in total. The second kappa shape index (κ2) is 21.9. The zero-order chi connectivity index (χ0) is 43.6. The van der Waals surface area contributed by atoms with Gasteiger partial charge in [0.2, 0.25) is 5.28 Å². The van der Waals surface area contributed by atoms with Crippen LogP contribution in [0.3, 0.4) is 0 Å². The Kier molecular flexibility index (Phi) is 17.5. The first-order chi connectivity index (χ1) is 28.4. The highest BCUT2D eigenvalue weighted by atomic mass is 35.5. The Labute approximate surface area is 366 Å². The van der Waals surface area contributed by atoms with Crippen molar-refractivity contribution in [1.29, 1.82) is 0 Å². The van der Waals surface area contributed by atoms with E-state index < -0.39 is 0 Å². The summed E-state index contributed by atoms with van der Waals surface area (Å²) in [5.74, 6) is 0.528. The van der Waals surface area contributed by atoms with Crippen molar-refractivity contribution in [3.8, 4) is 0 Å². The number of esters is 2. The highest BCUT2D eigenvalue weighted by Crippen LogP contribution is 2.40. The first-order valence-corrected chi connectivity index (χ1v) is 21.3. The van der Waals surface area contributed by atoms with Crippen molar-refractivity contribution in [2.45, 2.75) is 139 Å². The number of allylic oxidation sites excluding steroid dienone is 4. The van der Waals surface area contributed by atoms with E-state index in [0.29, 0.717) is 32.5 Å². The Morgan fingerprint density at radius 2 is 1.21 bits per heavy atom. The van der Waals surface area contributed by atoms with Crippen molar-refractivity contribution in [1.82, 2.24) is 40.3 Å². The standard InChI is InChI=1S/C19H24N4O2.C15H25BO4.C10H11ClN4.CH4/c1-4-25-19(24)15-7-5-14(6-8-15)18-20-12(2)9-16(21-18)11-17-10-13(3)22-23-17;1-6-18-13(17)11-7-9-12(10-8-11)16-19-14(2,3)15(4,5)20-16;1-6-3-8(13-10(11)12-6)5-9-4-7(2)14-15-9;/h5,9-10,15H,4,6-8,11H2,1-3H3,(H,22,23);9,11H,6-8,10H2,1-5H3;3-4H,5H2,1-2H3,(H,14,15);1H4. The predicted octanol–water partition coefficient (Wildman–Crippen LogP) is 8.76. The van der Waals surface area contributed by atoms with Gasteiger partial charge < -0.3 is 18.8 Å². The average molecular weight is 859 g/mol. The molecule has 4 aromatic heterocycles. The van der Waals surface area contributed by atoms with Gasteiger partial charge in [0.15, 0.2) is 5.82 Å². The van der Waals surface area contributed by atoms with Crippen LogP contribution in [0.15, 0.2) is 41.9 Å². The predicted molar refractivity (Wildman–Crippen MR) is 238 cm³/mol. The zero-order valence-electron chi connectivity index (χ0n) is 36.8. The molecule has 0 aromatic carbocycles. The summed E-state index contributed by atoms with van der Waals surface area (Å²) in [6.45, 7) is 20.6. The number of nitrogens with one attached hydrogen (secondary N) is 2. The van der Waals surface area contributed by atoms with E-state index in [1.807, 2.05) is 65.8 Å². The minimum atomic E-state index is -0.309. The number of aryl methyl sites for hydroxylation is 4.